The van der Waals surface area contributed by atoms with Crippen LogP contribution in [0.1, 0.15) is 26.7 Å². The van der Waals surface area contributed by atoms with E-state index in [2.05, 4.69) is 37.4 Å². The van der Waals surface area contributed by atoms with Crippen molar-refractivity contribution < 1.29 is 0 Å². The summed E-state index contributed by atoms with van der Waals surface area (Å²) in [5.41, 5.74) is 2.39. The van der Waals surface area contributed by atoms with Gasteiger partial charge in [-0.1, -0.05) is 37.6 Å². The maximum atomic E-state index is 3.34. The van der Waals surface area contributed by atoms with Gasteiger partial charge in [0.15, 0.2) is 0 Å². The van der Waals surface area contributed by atoms with Crippen molar-refractivity contribution in [2.45, 2.75) is 26.7 Å². The largest absolute Gasteiger partial charge is 0.359 e. The summed E-state index contributed by atoms with van der Waals surface area (Å²) in [6, 6.07) is 10.2. The Morgan fingerprint density at radius 3 is 2.62 bits per heavy atom. The number of benzene rings is 1. The molecule has 0 aliphatic rings. The van der Waals surface area contributed by atoms with Crippen LogP contribution in [0.4, 0.5) is 5.69 Å². The summed E-state index contributed by atoms with van der Waals surface area (Å²) in [6.45, 7) is 4.29. The highest BCUT2D eigenvalue weighted by Gasteiger charge is 1.89. The Balaban J connectivity index is 2.50. The first kappa shape index (κ1) is 9.85. The summed E-state index contributed by atoms with van der Waals surface area (Å²) < 4.78 is 0. The number of allylic oxidation sites excluding steroid dienone is 2. The standard InChI is InChI=1S/C12H17N/c1-3-4-8-11(2)13-12-9-6-5-7-10-12/h5-10,13H,3-4H2,1-2H3. The van der Waals surface area contributed by atoms with Gasteiger partial charge in [0.2, 0.25) is 0 Å². The number of unbranched alkanes of at least 4 members (excludes halogenated alkanes) is 1. The molecule has 0 bridgehead atoms. The minimum absolute atomic E-state index is 1.14. The van der Waals surface area contributed by atoms with E-state index in [1.807, 2.05) is 18.2 Å². The Morgan fingerprint density at radius 1 is 1.31 bits per heavy atom. The number of para-hydroxylation sites is 1. The highest BCUT2D eigenvalue weighted by molar-refractivity contribution is 5.47. The molecule has 1 rings (SSSR count). The summed E-state index contributed by atoms with van der Waals surface area (Å²) in [4.78, 5) is 0. The normalized spacial score (nSPS) is 11.4. The molecule has 0 saturated heterocycles. The van der Waals surface area contributed by atoms with E-state index in [-0.39, 0.29) is 0 Å². The van der Waals surface area contributed by atoms with Crippen LogP contribution in [0.5, 0.6) is 0 Å². The minimum Gasteiger partial charge on any atom is -0.359 e. The van der Waals surface area contributed by atoms with E-state index in [4.69, 9.17) is 0 Å². The number of hydrogen-bond donors (Lipinski definition) is 1. The Labute approximate surface area is 80.5 Å². The molecule has 1 heteroatoms. The van der Waals surface area contributed by atoms with Gasteiger partial charge in [0.25, 0.3) is 0 Å². The minimum atomic E-state index is 1.14. The van der Waals surface area contributed by atoms with Gasteiger partial charge in [-0.25, -0.2) is 0 Å². The van der Waals surface area contributed by atoms with Gasteiger partial charge in [0.05, 0.1) is 0 Å². The summed E-state index contributed by atoms with van der Waals surface area (Å²) in [5, 5.41) is 3.34. The van der Waals surface area contributed by atoms with Crippen molar-refractivity contribution in [3.63, 3.8) is 0 Å². The van der Waals surface area contributed by atoms with Crippen LogP contribution in [0.15, 0.2) is 42.1 Å². The molecule has 1 nitrogen and oxygen atoms in total. The lowest BCUT2D eigenvalue weighted by Gasteiger charge is -2.05. The van der Waals surface area contributed by atoms with Crippen LogP contribution in [-0.2, 0) is 0 Å². The molecule has 1 aromatic carbocycles. The van der Waals surface area contributed by atoms with Gasteiger partial charge in [-0.15, -0.1) is 0 Å². The molecule has 0 spiro atoms. The molecule has 0 aromatic heterocycles. The van der Waals surface area contributed by atoms with Crippen molar-refractivity contribution in [3.05, 3.63) is 42.1 Å². The molecule has 0 aliphatic carbocycles. The van der Waals surface area contributed by atoms with Crippen molar-refractivity contribution in [2.75, 3.05) is 5.32 Å². The van der Waals surface area contributed by atoms with E-state index >= 15 is 0 Å². The zero-order valence-electron chi connectivity index (χ0n) is 8.38. The lowest BCUT2D eigenvalue weighted by molar-refractivity contribution is 0.949. The number of nitrogens with one attached hydrogen (secondary N) is 1. The smallest absolute Gasteiger partial charge is 0.0381 e. The van der Waals surface area contributed by atoms with Crippen molar-refractivity contribution in [1.29, 1.82) is 0 Å². The third kappa shape index (κ3) is 3.79. The second-order valence-corrected chi connectivity index (χ2v) is 3.17. The van der Waals surface area contributed by atoms with Crippen molar-refractivity contribution in [2.24, 2.45) is 0 Å². The SMILES string of the molecule is CCCC=C(C)Nc1ccccc1. The highest BCUT2D eigenvalue weighted by Crippen LogP contribution is 2.09. The number of rotatable bonds is 4. The molecule has 1 N–H and O–H groups in total. The van der Waals surface area contributed by atoms with Crippen LogP contribution in [0.2, 0.25) is 0 Å². The van der Waals surface area contributed by atoms with Crippen LogP contribution < -0.4 is 5.32 Å². The maximum Gasteiger partial charge on any atom is 0.0381 e. The van der Waals surface area contributed by atoms with Gasteiger partial charge >= 0.3 is 0 Å². The molecule has 0 radical (unpaired) electrons. The molecular weight excluding hydrogens is 158 g/mol. The Kier molecular flexibility index (Phi) is 4.10. The molecule has 0 unspecified atom stereocenters. The van der Waals surface area contributed by atoms with E-state index in [1.54, 1.807) is 0 Å². The third-order valence-corrected chi connectivity index (χ3v) is 1.85. The van der Waals surface area contributed by atoms with Crippen LogP contribution >= 0.6 is 0 Å². The van der Waals surface area contributed by atoms with E-state index in [1.165, 1.54) is 12.1 Å². The quantitative estimate of drug-likeness (QED) is 0.733. The summed E-state index contributed by atoms with van der Waals surface area (Å²) in [7, 11) is 0. The average molecular weight is 175 g/mol. The molecule has 0 atom stereocenters. The summed E-state index contributed by atoms with van der Waals surface area (Å²) >= 11 is 0. The van der Waals surface area contributed by atoms with Crippen LogP contribution in [0, 0.1) is 0 Å². The molecule has 0 aliphatic heterocycles. The van der Waals surface area contributed by atoms with Gasteiger partial charge in [-0.3, -0.25) is 0 Å². The monoisotopic (exact) mass is 175 g/mol. The molecular formula is C12H17N. The summed E-state index contributed by atoms with van der Waals surface area (Å²) in [6.07, 6.45) is 4.58. The first-order valence-electron chi connectivity index (χ1n) is 4.81. The van der Waals surface area contributed by atoms with E-state index in [0.717, 1.165) is 12.1 Å². The van der Waals surface area contributed by atoms with Crippen molar-refractivity contribution in [1.82, 2.24) is 0 Å². The van der Waals surface area contributed by atoms with Crippen LogP contribution in [-0.4, -0.2) is 0 Å². The number of anilines is 1. The van der Waals surface area contributed by atoms with E-state index < -0.39 is 0 Å². The van der Waals surface area contributed by atoms with E-state index in [0.29, 0.717) is 0 Å². The summed E-state index contributed by atoms with van der Waals surface area (Å²) in [5.74, 6) is 0. The Bertz CT molecular complexity index is 262. The fourth-order valence-electron chi connectivity index (χ4n) is 1.16. The van der Waals surface area contributed by atoms with Crippen LogP contribution in [0.25, 0.3) is 0 Å². The molecule has 0 saturated carbocycles. The fraction of sp³-hybridized carbons (Fsp3) is 0.333. The lowest BCUT2D eigenvalue weighted by Crippen LogP contribution is -1.94. The van der Waals surface area contributed by atoms with Crippen molar-refractivity contribution >= 4 is 5.69 Å². The first-order chi connectivity index (χ1) is 6.33. The number of hydrogen-bond acceptors (Lipinski definition) is 1. The molecule has 1 aromatic rings. The lowest BCUT2D eigenvalue weighted by atomic mass is 10.2. The zero-order chi connectivity index (χ0) is 9.52. The molecule has 0 amide bonds. The van der Waals surface area contributed by atoms with Crippen molar-refractivity contribution in [3.8, 4) is 0 Å². The van der Waals surface area contributed by atoms with E-state index in [9.17, 15) is 0 Å². The third-order valence-electron chi connectivity index (χ3n) is 1.85. The van der Waals surface area contributed by atoms with Gasteiger partial charge in [-0.05, 0) is 25.5 Å². The molecule has 0 heterocycles. The molecule has 70 valence electrons. The van der Waals surface area contributed by atoms with Gasteiger partial charge < -0.3 is 5.32 Å². The van der Waals surface area contributed by atoms with Gasteiger partial charge in [0.1, 0.15) is 0 Å². The topological polar surface area (TPSA) is 12.0 Å². The Hall–Kier alpha value is -1.24. The second-order valence-electron chi connectivity index (χ2n) is 3.17. The maximum absolute atomic E-state index is 3.34. The Morgan fingerprint density at radius 2 is 2.00 bits per heavy atom. The van der Waals surface area contributed by atoms with Gasteiger partial charge in [-0.2, -0.15) is 0 Å². The second kappa shape index (κ2) is 5.41. The highest BCUT2D eigenvalue weighted by atomic mass is 14.9. The van der Waals surface area contributed by atoms with Crippen LogP contribution in [0.3, 0.4) is 0 Å². The van der Waals surface area contributed by atoms with Gasteiger partial charge in [0, 0.05) is 11.4 Å². The first-order valence-corrected chi connectivity index (χ1v) is 4.81. The molecule has 0 fully saturated rings. The zero-order valence-corrected chi connectivity index (χ0v) is 8.38. The predicted molar refractivity (Wildman–Crippen MR) is 58.7 cm³/mol. The predicted octanol–water partition coefficient (Wildman–Crippen LogP) is 3.80. The molecule has 13 heavy (non-hydrogen) atoms. The average Bonchev–Trinajstić information content (AvgIpc) is 2.16. The fourth-order valence-corrected chi connectivity index (χ4v) is 1.16.